The van der Waals surface area contributed by atoms with E-state index in [1.807, 2.05) is 0 Å². The fraction of sp³-hybridized carbons (Fsp3) is 0.480. The lowest BCUT2D eigenvalue weighted by Gasteiger charge is -2.36. The molecule has 0 aliphatic carbocycles. The summed E-state index contributed by atoms with van der Waals surface area (Å²) in [5.41, 5.74) is 4.50. The average molecular weight is 440 g/mol. The summed E-state index contributed by atoms with van der Waals surface area (Å²) in [6.07, 6.45) is 2.27. The van der Waals surface area contributed by atoms with Gasteiger partial charge in [0.15, 0.2) is 11.5 Å². The van der Waals surface area contributed by atoms with Gasteiger partial charge in [0.05, 0.1) is 33.5 Å². The maximum atomic E-state index is 12.9. The van der Waals surface area contributed by atoms with Crippen LogP contribution >= 0.6 is 0 Å². The van der Waals surface area contributed by atoms with Crippen LogP contribution in [0.4, 0.5) is 5.69 Å². The van der Waals surface area contributed by atoms with E-state index in [1.165, 1.54) is 23.2 Å². The topological polar surface area (TPSA) is 63.3 Å². The fourth-order valence-corrected chi connectivity index (χ4v) is 4.63. The summed E-state index contributed by atoms with van der Waals surface area (Å²) in [7, 11) is 5.31. The SMILES string of the molecule is COc1ccc(C(=O)NC[C@H](c2ccc3c(c2)CCCN3C)N2CCOCC2)cc1OC. The Morgan fingerprint density at radius 2 is 1.84 bits per heavy atom. The molecule has 2 aromatic carbocycles. The van der Waals surface area contributed by atoms with Gasteiger partial charge in [0.1, 0.15) is 0 Å². The van der Waals surface area contributed by atoms with E-state index in [9.17, 15) is 4.79 Å². The summed E-state index contributed by atoms with van der Waals surface area (Å²) in [6.45, 7) is 4.77. The number of ether oxygens (including phenoxy) is 3. The number of amides is 1. The number of nitrogens with zero attached hydrogens (tertiary/aromatic N) is 2. The van der Waals surface area contributed by atoms with Crippen molar-refractivity contribution in [2.45, 2.75) is 18.9 Å². The second kappa shape index (κ2) is 10.2. The van der Waals surface area contributed by atoms with Crippen molar-refractivity contribution in [2.24, 2.45) is 0 Å². The quantitative estimate of drug-likeness (QED) is 0.716. The first-order chi connectivity index (χ1) is 15.6. The Labute approximate surface area is 190 Å². The van der Waals surface area contributed by atoms with Gasteiger partial charge in [0, 0.05) is 44.5 Å². The van der Waals surface area contributed by atoms with Crippen molar-refractivity contribution in [1.29, 1.82) is 0 Å². The molecule has 1 saturated heterocycles. The molecule has 0 saturated carbocycles. The molecular weight excluding hydrogens is 406 g/mol. The second-order valence-electron chi connectivity index (χ2n) is 8.36. The average Bonchev–Trinajstić information content (AvgIpc) is 2.84. The van der Waals surface area contributed by atoms with E-state index in [4.69, 9.17) is 14.2 Å². The smallest absolute Gasteiger partial charge is 0.251 e. The third-order valence-corrected chi connectivity index (χ3v) is 6.43. The van der Waals surface area contributed by atoms with Crippen molar-refractivity contribution in [1.82, 2.24) is 10.2 Å². The lowest BCUT2D eigenvalue weighted by atomic mass is 9.95. The molecule has 32 heavy (non-hydrogen) atoms. The molecule has 0 aromatic heterocycles. The first-order valence-corrected chi connectivity index (χ1v) is 11.3. The molecule has 7 heteroatoms. The molecule has 2 aromatic rings. The molecular formula is C25H33N3O4. The maximum absolute atomic E-state index is 12.9. The Bertz CT molecular complexity index is 943. The van der Waals surface area contributed by atoms with Crippen LogP contribution in [0.5, 0.6) is 11.5 Å². The Morgan fingerprint density at radius 3 is 2.59 bits per heavy atom. The van der Waals surface area contributed by atoms with Gasteiger partial charge in [0.25, 0.3) is 5.91 Å². The molecule has 0 spiro atoms. The summed E-state index contributed by atoms with van der Waals surface area (Å²) in [6, 6.07) is 12.1. The third-order valence-electron chi connectivity index (χ3n) is 6.43. The molecule has 1 amide bonds. The van der Waals surface area contributed by atoms with Gasteiger partial charge < -0.3 is 24.4 Å². The van der Waals surface area contributed by atoms with E-state index in [0.29, 0.717) is 36.8 Å². The van der Waals surface area contributed by atoms with Crippen LogP contribution in [0, 0.1) is 0 Å². The molecule has 0 unspecified atom stereocenters. The van der Waals surface area contributed by atoms with Crippen molar-refractivity contribution in [3.8, 4) is 11.5 Å². The lowest BCUT2D eigenvalue weighted by molar-refractivity contribution is 0.0162. The van der Waals surface area contributed by atoms with E-state index in [-0.39, 0.29) is 11.9 Å². The van der Waals surface area contributed by atoms with Crippen LogP contribution in [0.25, 0.3) is 0 Å². The van der Waals surface area contributed by atoms with Crippen LogP contribution in [-0.4, -0.2) is 71.5 Å². The molecule has 172 valence electrons. The number of rotatable bonds is 7. The molecule has 0 bridgehead atoms. The van der Waals surface area contributed by atoms with Crippen molar-refractivity contribution in [3.05, 3.63) is 53.1 Å². The number of carbonyl (C=O) groups is 1. The van der Waals surface area contributed by atoms with Crippen LogP contribution in [0.1, 0.15) is 33.9 Å². The molecule has 2 aliphatic rings. The number of hydrogen-bond acceptors (Lipinski definition) is 6. The van der Waals surface area contributed by atoms with Crippen molar-refractivity contribution in [2.75, 3.05) is 65.6 Å². The van der Waals surface area contributed by atoms with Crippen LogP contribution in [0.3, 0.4) is 0 Å². The number of fused-ring (bicyclic) bond motifs is 1. The minimum Gasteiger partial charge on any atom is -0.493 e. The van der Waals surface area contributed by atoms with Gasteiger partial charge in [0.2, 0.25) is 0 Å². The first-order valence-electron chi connectivity index (χ1n) is 11.3. The number of anilines is 1. The summed E-state index contributed by atoms with van der Waals surface area (Å²) in [5, 5.41) is 3.14. The number of methoxy groups -OCH3 is 2. The standard InChI is InChI=1S/C25H33N3O4/c1-27-10-4-5-18-15-19(6-8-21(18)27)22(28-11-13-32-14-12-28)17-26-25(29)20-7-9-23(30-2)24(16-20)31-3/h6-9,15-16,22H,4-5,10-14,17H2,1-3H3,(H,26,29)/t22-/m1/s1. The zero-order chi connectivity index (χ0) is 22.5. The van der Waals surface area contributed by atoms with Crippen LogP contribution in [0.15, 0.2) is 36.4 Å². The lowest BCUT2D eigenvalue weighted by Crippen LogP contribution is -2.44. The van der Waals surface area contributed by atoms with Crippen LogP contribution in [0.2, 0.25) is 0 Å². The summed E-state index contributed by atoms with van der Waals surface area (Å²) in [5.74, 6) is 1.03. The zero-order valence-corrected chi connectivity index (χ0v) is 19.2. The van der Waals surface area contributed by atoms with Crippen LogP contribution < -0.4 is 19.7 Å². The second-order valence-corrected chi connectivity index (χ2v) is 8.36. The molecule has 7 nitrogen and oxygen atoms in total. The van der Waals surface area contributed by atoms with Gasteiger partial charge in [-0.25, -0.2) is 0 Å². The van der Waals surface area contributed by atoms with E-state index >= 15 is 0 Å². The molecule has 2 heterocycles. The Morgan fingerprint density at radius 1 is 1.06 bits per heavy atom. The van der Waals surface area contributed by atoms with Crippen molar-refractivity contribution >= 4 is 11.6 Å². The van der Waals surface area contributed by atoms with Gasteiger partial charge in [-0.3, -0.25) is 9.69 Å². The highest BCUT2D eigenvalue weighted by molar-refractivity contribution is 5.94. The highest BCUT2D eigenvalue weighted by atomic mass is 16.5. The minimum atomic E-state index is -0.123. The number of nitrogens with one attached hydrogen (secondary N) is 1. The normalized spacial score (nSPS) is 17.4. The van der Waals surface area contributed by atoms with Crippen LogP contribution in [-0.2, 0) is 11.2 Å². The van der Waals surface area contributed by atoms with Crippen molar-refractivity contribution < 1.29 is 19.0 Å². The minimum absolute atomic E-state index is 0.0977. The van der Waals surface area contributed by atoms with E-state index < -0.39 is 0 Å². The Balaban J connectivity index is 1.53. The Kier molecular flexibility index (Phi) is 7.17. The van der Waals surface area contributed by atoms with Gasteiger partial charge in [-0.2, -0.15) is 0 Å². The number of benzene rings is 2. The van der Waals surface area contributed by atoms with Gasteiger partial charge in [-0.15, -0.1) is 0 Å². The Hall–Kier alpha value is -2.77. The van der Waals surface area contributed by atoms with E-state index in [1.54, 1.807) is 32.4 Å². The highest BCUT2D eigenvalue weighted by Crippen LogP contribution is 2.31. The molecule has 2 aliphatic heterocycles. The number of morpholine rings is 1. The highest BCUT2D eigenvalue weighted by Gasteiger charge is 2.25. The number of aryl methyl sites for hydroxylation is 1. The molecule has 1 N–H and O–H groups in total. The summed E-state index contributed by atoms with van der Waals surface area (Å²) >= 11 is 0. The predicted molar refractivity (Wildman–Crippen MR) is 125 cm³/mol. The molecule has 1 atom stereocenters. The third kappa shape index (κ3) is 4.84. The number of hydrogen-bond donors (Lipinski definition) is 1. The molecule has 1 fully saturated rings. The van der Waals surface area contributed by atoms with Gasteiger partial charge >= 0.3 is 0 Å². The summed E-state index contributed by atoms with van der Waals surface area (Å²) in [4.78, 5) is 17.7. The monoisotopic (exact) mass is 439 g/mol. The number of carbonyl (C=O) groups excluding carboxylic acids is 1. The molecule has 0 radical (unpaired) electrons. The maximum Gasteiger partial charge on any atom is 0.251 e. The van der Waals surface area contributed by atoms with E-state index in [2.05, 4.69) is 40.4 Å². The van der Waals surface area contributed by atoms with Gasteiger partial charge in [-0.1, -0.05) is 12.1 Å². The van der Waals surface area contributed by atoms with E-state index in [0.717, 1.165) is 26.1 Å². The van der Waals surface area contributed by atoms with Crippen molar-refractivity contribution in [3.63, 3.8) is 0 Å². The largest absolute Gasteiger partial charge is 0.493 e. The fourth-order valence-electron chi connectivity index (χ4n) is 4.63. The first kappa shape index (κ1) is 22.4. The molecule has 4 rings (SSSR count). The van der Waals surface area contributed by atoms with Gasteiger partial charge in [-0.05, 0) is 48.2 Å². The predicted octanol–water partition coefficient (Wildman–Crippen LogP) is 2.89. The zero-order valence-electron chi connectivity index (χ0n) is 19.2. The summed E-state index contributed by atoms with van der Waals surface area (Å²) < 4.78 is 16.2.